The van der Waals surface area contributed by atoms with Crippen LogP contribution in [0, 0.1) is 0 Å². The molecule has 7 heteroatoms. The Labute approximate surface area is 161 Å². The number of carbonyl (C=O) groups excluding carboxylic acids is 2. The zero-order chi connectivity index (χ0) is 20.1. The van der Waals surface area contributed by atoms with Crippen molar-refractivity contribution in [1.82, 2.24) is 10.3 Å². The Morgan fingerprint density at radius 1 is 1.11 bits per heavy atom. The van der Waals surface area contributed by atoms with Crippen molar-refractivity contribution in [3.63, 3.8) is 0 Å². The van der Waals surface area contributed by atoms with Gasteiger partial charge in [-0.25, -0.2) is 9.78 Å². The van der Waals surface area contributed by atoms with E-state index >= 15 is 0 Å². The number of alkyl carbamates (subject to hydrolysis) is 1. The van der Waals surface area contributed by atoms with Crippen LogP contribution in [-0.2, 0) is 20.7 Å². The fourth-order valence-corrected chi connectivity index (χ4v) is 2.24. The molecule has 0 fully saturated rings. The molecule has 0 saturated carbocycles. The number of hydrogen-bond donors (Lipinski definition) is 1. The molecule has 1 N–H and O–H groups in total. The normalized spacial score (nSPS) is 11.0. The molecule has 1 heterocycles. The van der Waals surface area contributed by atoms with Crippen LogP contribution < -0.4 is 10.1 Å². The van der Waals surface area contributed by atoms with Crippen molar-refractivity contribution in [3.05, 3.63) is 23.9 Å². The number of unbranched alkanes of at least 4 members (excludes halogenated alkanes) is 3. The predicted molar refractivity (Wildman–Crippen MR) is 103 cm³/mol. The van der Waals surface area contributed by atoms with Gasteiger partial charge in [-0.1, -0.05) is 18.9 Å². The molecule has 0 spiro atoms. The molecule has 0 aliphatic rings. The molecule has 0 bridgehead atoms. The molecule has 0 aliphatic heterocycles. The fraction of sp³-hybridized carbons (Fsp3) is 0.650. The molecular weight excluding hydrogens is 348 g/mol. The number of nitrogens with one attached hydrogen (secondary N) is 1. The first-order valence-corrected chi connectivity index (χ1v) is 9.50. The lowest BCUT2D eigenvalue weighted by Crippen LogP contribution is -2.32. The van der Waals surface area contributed by atoms with E-state index in [1.54, 1.807) is 19.2 Å². The summed E-state index contributed by atoms with van der Waals surface area (Å²) in [5.41, 5.74) is 0.338. The average Bonchev–Trinajstić information content (AvgIpc) is 2.57. The number of ether oxygens (including phenoxy) is 3. The molecule has 1 aromatic heterocycles. The van der Waals surface area contributed by atoms with Crippen molar-refractivity contribution < 1.29 is 23.8 Å². The van der Waals surface area contributed by atoms with Gasteiger partial charge < -0.3 is 19.5 Å². The van der Waals surface area contributed by atoms with Gasteiger partial charge in [0.2, 0.25) is 5.88 Å². The van der Waals surface area contributed by atoms with E-state index in [-0.39, 0.29) is 18.5 Å². The third kappa shape index (κ3) is 11.8. The third-order valence-corrected chi connectivity index (χ3v) is 3.44. The van der Waals surface area contributed by atoms with Crippen molar-refractivity contribution >= 4 is 12.1 Å². The number of pyridine rings is 1. The van der Waals surface area contributed by atoms with Gasteiger partial charge in [-0.3, -0.25) is 4.79 Å². The van der Waals surface area contributed by atoms with Crippen LogP contribution in [0.4, 0.5) is 4.79 Å². The van der Waals surface area contributed by atoms with E-state index in [4.69, 9.17) is 14.2 Å². The van der Waals surface area contributed by atoms with E-state index < -0.39 is 5.60 Å². The zero-order valence-corrected chi connectivity index (χ0v) is 16.9. The lowest BCUT2D eigenvalue weighted by Gasteiger charge is -2.19. The molecule has 0 saturated heterocycles. The first-order chi connectivity index (χ1) is 12.8. The van der Waals surface area contributed by atoms with Crippen molar-refractivity contribution in [1.29, 1.82) is 0 Å². The summed E-state index contributed by atoms with van der Waals surface area (Å²) in [5.74, 6) is 0.295. The lowest BCUT2D eigenvalue weighted by molar-refractivity contribution is -0.142. The molecule has 1 amide bonds. The standard InChI is InChI=1S/C20H32N2O5/c1-5-25-18(23)14-16-10-11-17(22-15-16)26-13-9-7-6-8-12-21-19(24)27-20(2,3)4/h10-11,15H,5-9,12-14H2,1-4H3,(H,21,24). The maximum absolute atomic E-state index is 11.5. The molecule has 1 aromatic rings. The fourth-order valence-electron chi connectivity index (χ4n) is 2.24. The molecule has 0 aromatic carbocycles. The minimum Gasteiger partial charge on any atom is -0.478 e. The second kappa shape index (κ2) is 12.1. The van der Waals surface area contributed by atoms with Crippen LogP contribution in [0.15, 0.2) is 18.3 Å². The first-order valence-electron chi connectivity index (χ1n) is 9.50. The second-order valence-corrected chi connectivity index (χ2v) is 7.18. The van der Waals surface area contributed by atoms with Crippen molar-refractivity contribution in [2.75, 3.05) is 19.8 Å². The summed E-state index contributed by atoms with van der Waals surface area (Å²) in [6, 6.07) is 3.58. The quantitative estimate of drug-likeness (QED) is 0.466. The van der Waals surface area contributed by atoms with Gasteiger partial charge in [0.25, 0.3) is 0 Å². The monoisotopic (exact) mass is 380 g/mol. The Morgan fingerprint density at radius 2 is 1.85 bits per heavy atom. The van der Waals surface area contributed by atoms with Gasteiger partial charge in [0.05, 0.1) is 19.6 Å². The number of rotatable bonds is 11. The zero-order valence-electron chi connectivity index (χ0n) is 16.9. The Kier molecular flexibility index (Phi) is 10.2. The molecule has 0 atom stereocenters. The third-order valence-electron chi connectivity index (χ3n) is 3.44. The number of aromatic nitrogens is 1. The Morgan fingerprint density at radius 3 is 2.48 bits per heavy atom. The number of hydrogen-bond acceptors (Lipinski definition) is 6. The summed E-state index contributed by atoms with van der Waals surface area (Å²) in [6.45, 7) is 8.89. The summed E-state index contributed by atoms with van der Waals surface area (Å²) in [6.07, 6.45) is 5.32. The number of esters is 1. The maximum atomic E-state index is 11.5. The minimum absolute atomic E-state index is 0.221. The molecule has 1 rings (SSSR count). The van der Waals surface area contributed by atoms with Gasteiger partial charge in [-0.05, 0) is 46.1 Å². The van der Waals surface area contributed by atoms with Gasteiger partial charge in [0.15, 0.2) is 0 Å². The predicted octanol–water partition coefficient (Wildman–Crippen LogP) is 3.65. The van der Waals surface area contributed by atoms with Crippen molar-refractivity contribution in [2.24, 2.45) is 0 Å². The van der Waals surface area contributed by atoms with Gasteiger partial charge in [-0.2, -0.15) is 0 Å². The molecule has 7 nitrogen and oxygen atoms in total. The highest BCUT2D eigenvalue weighted by Crippen LogP contribution is 2.10. The van der Waals surface area contributed by atoms with E-state index in [1.807, 2.05) is 26.8 Å². The van der Waals surface area contributed by atoms with Crippen LogP contribution in [0.3, 0.4) is 0 Å². The largest absolute Gasteiger partial charge is 0.478 e. The molecule has 152 valence electrons. The van der Waals surface area contributed by atoms with Gasteiger partial charge in [-0.15, -0.1) is 0 Å². The Balaban J connectivity index is 2.06. The number of amides is 1. The van der Waals surface area contributed by atoms with E-state index in [2.05, 4.69) is 10.3 Å². The smallest absolute Gasteiger partial charge is 0.407 e. The first kappa shape index (κ1) is 22.7. The second-order valence-electron chi connectivity index (χ2n) is 7.18. The summed E-state index contributed by atoms with van der Waals surface area (Å²) in [7, 11) is 0. The van der Waals surface area contributed by atoms with Crippen LogP contribution >= 0.6 is 0 Å². The Bertz CT molecular complexity index is 567. The SMILES string of the molecule is CCOC(=O)Cc1ccc(OCCCCCCNC(=O)OC(C)(C)C)nc1. The topological polar surface area (TPSA) is 86.8 Å². The highest BCUT2D eigenvalue weighted by molar-refractivity contribution is 5.72. The summed E-state index contributed by atoms with van der Waals surface area (Å²) in [5, 5.41) is 2.75. The highest BCUT2D eigenvalue weighted by atomic mass is 16.6. The molecule has 0 aliphatic carbocycles. The van der Waals surface area contributed by atoms with Gasteiger partial charge in [0, 0.05) is 18.8 Å². The van der Waals surface area contributed by atoms with Crippen molar-refractivity contribution in [2.45, 2.75) is 65.4 Å². The van der Waals surface area contributed by atoms with Gasteiger partial charge in [0.1, 0.15) is 5.60 Å². The van der Waals surface area contributed by atoms with E-state index in [1.165, 1.54) is 0 Å². The van der Waals surface area contributed by atoms with Crippen LogP contribution in [0.25, 0.3) is 0 Å². The highest BCUT2D eigenvalue weighted by Gasteiger charge is 2.15. The average molecular weight is 380 g/mol. The Hall–Kier alpha value is -2.31. The number of carbonyl (C=O) groups is 2. The minimum atomic E-state index is -0.466. The number of nitrogens with zero attached hydrogens (tertiary/aromatic N) is 1. The van der Waals surface area contributed by atoms with Gasteiger partial charge >= 0.3 is 12.1 Å². The summed E-state index contributed by atoms with van der Waals surface area (Å²) >= 11 is 0. The van der Waals surface area contributed by atoms with Crippen molar-refractivity contribution in [3.8, 4) is 5.88 Å². The summed E-state index contributed by atoms with van der Waals surface area (Å²) < 4.78 is 15.7. The molecule has 0 radical (unpaired) electrons. The van der Waals surface area contributed by atoms with Crippen LogP contribution in [0.5, 0.6) is 5.88 Å². The molecule has 0 unspecified atom stereocenters. The molecular formula is C20H32N2O5. The van der Waals surface area contributed by atoms with Crippen LogP contribution in [-0.4, -0.2) is 42.4 Å². The maximum Gasteiger partial charge on any atom is 0.407 e. The molecule has 27 heavy (non-hydrogen) atoms. The van der Waals surface area contributed by atoms with E-state index in [0.717, 1.165) is 31.2 Å². The van der Waals surface area contributed by atoms with E-state index in [0.29, 0.717) is 25.6 Å². The lowest BCUT2D eigenvalue weighted by atomic mass is 10.2. The van der Waals surface area contributed by atoms with Crippen LogP contribution in [0.2, 0.25) is 0 Å². The van der Waals surface area contributed by atoms with Crippen LogP contribution in [0.1, 0.15) is 58.9 Å². The van der Waals surface area contributed by atoms with E-state index in [9.17, 15) is 9.59 Å². The summed E-state index contributed by atoms with van der Waals surface area (Å²) in [4.78, 5) is 27.1.